The highest BCUT2D eigenvalue weighted by Crippen LogP contribution is 2.28. The lowest BCUT2D eigenvalue weighted by atomic mass is 10.0. The average molecular weight is 578 g/mol. The Hall–Kier alpha value is -2.18. The van der Waals surface area contributed by atoms with Crippen LogP contribution in [0, 0.1) is 0 Å². The molecule has 3 rings (SSSR count). The predicted octanol–water partition coefficient (Wildman–Crippen LogP) is 7.43. The number of nitrogens with one attached hydrogen (secondary N) is 1. The number of halogens is 3. The molecule has 0 aliphatic heterocycles. The number of nitrogens with zero attached hydrogens (tertiary/aromatic N) is 1. The van der Waals surface area contributed by atoms with E-state index in [9.17, 15) is 9.59 Å². The van der Waals surface area contributed by atoms with Crippen molar-refractivity contribution in [2.24, 2.45) is 0 Å². The van der Waals surface area contributed by atoms with Crippen LogP contribution in [-0.4, -0.2) is 34.0 Å². The standard InChI is InChI=1S/C29H31Cl3N2O2S/c1-29(2,3)33-28(36)26(16-20-8-5-4-6-9-20)34(17-23-24(31)10-7-11-25(23)32)27(35)19-37-18-21-12-14-22(30)15-13-21/h4-15,26H,16-19H2,1-3H3,(H,33,36)/t26-/m1/s1. The second-order valence-corrected chi connectivity index (χ2v) is 12.0. The molecule has 4 nitrogen and oxygen atoms in total. The Morgan fingerprint density at radius 3 is 2.08 bits per heavy atom. The summed E-state index contributed by atoms with van der Waals surface area (Å²) in [6, 6.07) is 21.7. The van der Waals surface area contributed by atoms with Gasteiger partial charge in [0.1, 0.15) is 6.04 Å². The Kier molecular flexibility index (Phi) is 10.8. The van der Waals surface area contributed by atoms with Crippen LogP contribution < -0.4 is 5.32 Å². The molecule has 1 atom stereocenters. The molecule has 0 heterocycles. The zero-order valence-electron chi connectivity index (χ0n) is 21.1. The summed E-state index contributed by atoms with van der Waals surface area (Å²) < 4.78 is 0. The molecule has 8 heteroatoms. The third-order valence-corrected chi connectivity index (χ3v) is 7.52. The van der Waals surface area contributed by atoms with E-state index >= 15 is 0 Å². The number of rotatable bonds is 10. The monoisotopic (exact) mass is 576 g/mol. The number of carbonyl (C=O) groups excluding carboxylic acids is 2. The number of amides is 2. The minimum Gasteiger partial charge on any atom is -0.350 e. The molecule has 0 bridgehead atoms. The molecule has 0 fully saturated rings. The first-order chi connectivity index (χ1) is 17.5. The van der Waals surface area contributed by atoms with Crippen LogP contribution in [0.2, 0.25) is 15.1 Å². The highest BCUT2D eigenvalue weighted by atomic mass is 35.5. The van der Waals surface area contributed by atoms with Gasteiger partial charge in [0, 0.05) is 44.9 Å². The van der Waals surface area contributed by atoms with E-state index in [0.29, 0.717) is 32.8 Å². The molecule has 2 amide bonds. The van der Waals surface area contributed by atoms with Crippen molar-refractivity contribution in [2.75, 3.05) is 5.75 Å². The molecule has 0 spiro atoms. The van der Waals surface area contributed by atoms with Crippen LogP contribution in [0.1, 0.15) is 37.5 Å². The first kappa shape index (κ1) is 29.4. The summed E-state index contributed by atoms with van der Waals surface area (Å²) in [6.45, 7) is 5.88. The molecule has 0 saturated carbocycles. The minimum absolute atomic E-state index is 0.119. The summed E-state index contributed by atoms with van der Waals surface area (Å²) >= 11 is 20.4. The maximum absolute atomic E-state index is 13.7. The fourth-order valence-electron chi connectivity index (χ4n) is 3.78. The number of hydrogen-bond donors (Lipinski definition) is 1. The summed E-state index contributed by atoms with van der Waals surface area (Å²) in [5.41, 5.74) is 2.16. The lowest BCUT2D eigenvalue weighted by Crippen LogP contribution is -2.54. The zero-order chi connectivity index (χ0) is 27.0. The van der Waals surface area contributed by atoms with Gasteiger partial charge < -0.3 is 10.2 Å². The summed E-state index contributed by atoms with van der Waals surface area (Å²) in [6.07, 6.45) is 0.360. The number of carbonyl (C=O) groups is 2. The molecular formula is C29H31Cl3N2O2S. The first-order valence-corrected chi connectivity index (χ1v) is 14.2. The molecule has 3 aromatic carbocycles. The molecule has 3 aromatic rings. The Balaban J connectivity index is 1.91. The van der Waals surface area contributed by atoms with Gasteiger partial charge in [-0.2, -0.15) is 0 Å². The normalized spacial score (nSPS) is 12.2. The maximum Gasteiger partial charge on any atom is 0.243 e. The Labute approximate surface area is 238 Å². The predicted molar refractivity (Wildman–Crippen MR) is 156 cm³/mol. The van der Waals surface area contributed by atoms with E-state index in [2.05, 4.69) is 5.32 Å². The van der Waals surface area contributed by atoms with Crippen molar-refractivity contribution in [2.45, 2.75) is 51.1 Å². The highest BCUT2D eigenvalue weighted by molar-refractivity contribution is 7.99. The van der Waals surface area contributed by atoms with Crippen molar-refractivity contribution in [1.29, 1.82) is 0 Å². The van der Waals surface area contributed by atoms with Crippen LogP contribution in [0.25, 0.3) is 0 Å². The maximum atomic E-state index is 13.7. The third-order valence-electron chi connectivity index (χ3n) is 5.57. The van der Waals surface area contributed by atoms with Crippen LogP contribution >= 0.6 is 46.6 Å². The largest absolute Gasteiger partial charge is 0.350 e. The van der Waals surface area contributed by atoms with Gasteiger partial charge in [-0.05, 0) is 56.2 Å². The SMILES string of the molecule is CC(C)(C)NC(=O)[C@@H](Cc1ccccc1)N(Cc1c(Cl)cccc1Cl)C(=O)CSCc1ccc(Cl)cc1. The van der Waals surface area contributed by atoms with Gasteiger partial charge in [0.05, 0.1) is 5.75 Å². The highest BCUT2D eigenvalue weighted by Gasteiger charge is 2.32. The lowest BCUT2D eigenvalue weighted by Gasteiger charge is -2.34. The van der Waals surface area contributed by atoms with E-state index < -0.39 is 11.6 Å². The summed E-state index contributed by atoms with van der Waals surface area (Å²) in [5, 5.41) is 4.63. The van der Waals surface area contributed by atoms with Crippen LogP contribution in [0.5, 0.6) is 0 Å². The van der Waals surface area contributed by atoms with Gasteiger partial charge >= 0.3 is 0 Å². The average Bonchev–Trinajstić information content (AvgIpc) is 2.83. The van der Waals surface area contributed by atoms with Crippen LogP contribution in [0.3, 0.4) is 0 Å². The summed E-state index contributed by atoms with van der Waals surface area (Å²) in [4.78, 5) is 28.9. The van der Waals surface area contributed by atoms with E-state index in [1.807, 2.05) is 75.4 Å². The van der Waals surface area contributed by atoms with Gasteiger partial charge in [-0.3, -0.25) is 9.59 Å². The van der Waals surface area contributed by atoms with E-state index in [-0.39, 0.29) is 24.1 Å². The van der Waals surface area contributed by atoms with Crippen molar-refractivity contribution in [1.82, 2.24) is 10.2 Å². The Morgan fingerprint density at radius 1 is 0.865 bits per heavy atom. The fraction of sp³-hybridized carbons (Fsp3) is 0.310. The lowest BCUT2D eigenvalue weighted by molar-refractivity contribution is -0.140. The van der Waals surface area contributed by atoms with Crippen molar-refractivity contribution in [3.63, 3.8) is 0 Å². The fourth-order valence-corrected chi connectivity index (χ4v) is 5.29. The number of thioether (sulfide) groups is 1. The molecule has 1 N–H and O–H groups in total. The van der Waals surface area contributed by atoms with E-state index in [0.717, 1.165) is 11.1 Å². The Bertz CT molecular complexity index is 1180. The molecule has 0 aliphatic carbocycles. The van der Waals surface area contributed by atoms with Gasteiger partial charge in [0.2, 0.25) is 11.8 Å². The van der Waals surface area contributed by atoms with Crippen LogP contribution in [0.4, 0.5) is 0 Å². The van der Waals surface area contributed by atoms with Crippen molar-refractivity contribution in [3.05, 3.63) is 105 Å². The van der Waals surface area contributed by atoms with Crippen LogP contribution in [-0.2, 0) is 28.3 Å². The number of benzene rings is 3. The zero-order valence-corrected chi connectivity index (χ0v) is 24.2. The quantitative estimate of drug-likeness (QED) is 0.272. The van der Waals surface area contributed by atoms with Gasteiger partial charge in [-0.25, -0.2) is 0 Å². The van der Waals surface area contributed by atoms with E-state index in [4.69, 9.17) is 34.8 Å². The van der Waals surface area contributed by atoms with Crippen molar-refractivity contribution < 1.29 is 9.59 Å². The summed E-state index contributed by atoms with van der Waals surface area (Å²) in [7, 11) is 0. The molecule has 196 valence electrons. The molecule has 0 saturated heterocycles. The molecule has 0 aromatic heterocycles. The second-order valence-electron chi connectivity index (χ2n) is 9.79. The topological polar surface area (TPSA) is 49.4 Å². The Morgan fingerprint density at radius 2 is 1.49 bits per heavy atom. The second kappa shape index (κ2) is 13.6. The van der Waals surface area contributed by atoms with Crippen molar-refractivity contribution in [3.8, 4) is 0 Å². The van der Waals surface area contributed by atoms with Crippen LogP contribution in [0.15, 0.2) is 72.8 Å². The smallest absolute Gasteiger partial charge is 0.243 e. The first-order valence-electron chi connectivity index (χ1n) is 11.9. The third kappa shape index (κ3) is 9.26. The molecule has 0 unspecified atom stereocenters. The van der Waals surface area contributed by atoms with E-state index in [1.54, 1.807) is 23.1 Å². The summed E-state index contributed by atoms with van der Waals surface area (Å²) in [5.74, 6) is 0.440. The van der Waals surface area contributed by atoms with Crippen molar-refractivity contribution >= 4 is 58.4 Å². The van der Waals surface area contributed by atoms with Gasteiger partial charge in [-0.1, -0.05) is 83.3 Å². The minimum atomic E-state index is -0.752. The van der Waals surface area contributed by atoms with E-state index in [1.165, 1.54) is 11.8 Å². The van der Waals surface area contributed by atoms with Gasteiger partial charge in [-0.15, -0.1) is 11.8 Å². The molecular weight excluding hydrogens is 547 g/mol. The number of hydrogen-bond acceptors (Lipinski definition) is 3. The van der Waals surface area contributed by atoms with Gasteiger partial charge in [0.25, 0.3) is 0 Å². The molecule has 0 aliphatic rings. The molecule has 37 heavy (non-hydrogen) atoms. The van der Waals surface area contributed by atoms with Gasteiger partial charge in [0.15, 0.2) is 0 Å². The molecule has 0 radical (unpaired) electrons.